The van der Waals surface area contributed by atoms with Gasteiger partial charge in [-0.25, -0.2) is 4.79 Å². The standard InChI is InChI=1S/C24H28O6/c1-6-7-8-17-13-22(25)30-23-15(2)19(10-9-18(17)23)29-14-16-11-20(26-3)24(28-5)21(12-16)27-4/h9-13H,6-8,14H2,1-5H3. The lowest BCUT2D eigenvalue weighted by Crippen LogP contribution is -2.04. The van der Waals surface area contributed by atoms with Gasteiger partial charge < -0.3 is 23.4 Å². The number of hydrogen-bond acceptors (Lipinski definition) is 6. The zero-order valence-corrected chi connectivity index (χ0v) is 18.2. The van der Waals surface area contributed by atoms with Crippen LogP contribution in [-0.4, -0.2) is 21.3 Å². The normalized spacial score (nSPS) is 10.8. The van der Waals surface area contributed by atoms with E-state index in [4.69, 9.17) is 23.4 Å². The largest absolute Gasteiger partial charge is 0.493 e. The summed E-state index contributed by atoms with van der Waals surface area (Å²) in [5.74, 6) is 2.33. The fourth-order valence-corrected chi connectivity index (χ4v) is 3.52. The van der Waals surface area contributed by atoms with Gasteiger partial charge in [0.2, 0.25) is 5.75 Å². The fraction of sp³-hybridized carbons (Fsp3) is 0.375. The van der Waals surface area contributed by atoms with Gasteiger partial charge in [-0.1, -0.05) is 13.3 Å². The average molecular weight is 412 g/mol. The van der Waals surface area contributed by atoms with E-state index in [1.165, 1.54) is 0 Å². The lowest BCUT2D eigenvalue weighted by Gasteiger charge is -2.15. The van der Waals surface area contributed by atoms with Crippen molar-refractivity contribution in [1.29, 1.82) is 0 Å². The average Bonchev–Trinajstić information content (AvgIpc) is 2.76. The predicted molar refractivity (Wildman–Crippen MR) is 116 cm³/mol. The van der Waals surface area contributed by atoms with E-state index in [0.717, 1.165) is 41.3 Å². The van der Waals surface area contributed by atoms with Crippen LogP contribution in [0.4, 0.5) is 0 Å². The second kappa shape index (κ2) is 9.57. The SMILES string of the molecule is CCCCc1cc(=O)oc2c(C)c(OCc3cc(OC)c(OC)c(OC)c3)ccc12. The van der Waals surface area contributed by atoms with Gasteiger partial charge in [-0.3, -0.25) is 0 Å². The number of hydrogen-bond donors (Lipinski definition) is 0. The smallest absolute Gasteiger partial charge is 0.336 e. The van der Waals surface area contributed by atoms with Gasteiger partial charge >= 0.3 is 5.63 Å². The van der Waals surface area contributed by atoms with E-state index in [-0.39, 0.29) is 5.63 Å². The molecule has 0 atom stereocenters. The summed E-state index contributed by atoms with van der Waals surface area (Å²) in [6.45, 7) is 4.33. The second-order valence-electron chi connectivity index (χ2n) is 7.08. The molecule has 0 amide bonds. The first kappa shape index (κ1) is 21.6. The Hall–Kier alpha value is -3.15. The van der Waals surface area contributed by atoms with Crippen molar-refractivity contribution in [2.24, 2.45) is 0 Å². The predicted octanol–water partition coefficient (Wildman–Crippen LogP) is 5.05. The topological polar surface area (TPSA) is 67.1 Å². The molecule has 0 aliphatic carbocycles. The van der Waals surface area contributed by atoms with Gasteiger partial charge in [-0.15, -0.1) is 0 Å². The van der Waals surface area contributed by atoms with Gasteiger partial charge in [-0.05, 0) is 55.2 Å². The highest BCUT2D eigenvalue weighted by Crippen LogP contribution is 2.38. The molecule has 3 aromatic rings. The van der Waals surface area contributed by atoms with Gasteiger partial charge in [0.05, 0.1) is 21.3 Å². The van der Waals surface area contributed by atoms with E-state index in [1.807, 2.05) is 31.2 Å². The first-order valence-electron chi connectivity index (χ1n) is 10.00. The van der Waals surface area contributed by atoms with Crippen LogP contribution < -0.4 is 24.6 Å². The van der Waals surface area contributed by atoms with E-state index in [9.17, 15) is 4.79 Å². The van der Waals surface area contributed by atoms with Crippen LogP contribution >= 0.6 is 0 Å². The first-order valence-corrected chi connectivity index (χ1v) is 10.00. The molecule has 2 aromatic carbocycles. The summed E-state index contributed by atoms with van der Waals surface area (Å²) >= 11 is 0. The molecule has 0 unspecified atom stereocenters. The highest BCUT2D eigenvalue weighted by molar-refractivity contribution is 5.85. The Morgan fingerprint density at radius 1 is 0.933 bits per heavy atom. The maximum absolute atomic E-state index is 12.1. The molecule has 0 bridgehead atoms. The van der Waals surface area contributed by atoms with Crippen LogP contribution in [0.3, 0.4) is 0 Å². The van der Waals surface area contributed by atoms with Crippen LogP contribution in [0, 0.1) is 6.92 Å². The van der Waals surface area contributed by atoms with Crippen LogP contribution in [-0.2, 0) is 13.0 Å². The third kappa shape index (κ3) is 4.37. The molecule has 6 nitrogen and oxygen atoms in total. The molecule has 160 valence electrons. The summed E-state index contributed by atoms with van der Waals surface area (Å²) < 4.78 is 27.7. The van der Waals surface area contributed by atoms with Gasteiger partial charge in [0.25, 0.3) is 0 Å². The Morgan fingerprint density at radius 3 is 2.23 bits per heavy atom. The second-order valence-corrected chi connectivity index (χ2v) is 7.08. The number of fused-ring (bicyclic) bond motifs is 1. The van der Waals surface area contributed by atoms with Crippen LogP contribution in [0.2, 0.25) is 0 Å². The monoisotopic (exact) mass is 412 g/mol. The summed E-state index contributed by atoms with van der Waals surface area (Å²) in [5.41, 5.74) is 2.93. The van der Waals surface area contributed by atoms with Crippen molar-refractivity contribution in [1.82, 2.24) is 0 Å². The molecular weight excluding hydrogens is 384 g/mol. The van der Waals surface area contributed by atoms with E-state index in [2.05, 4.69) is 6.92 Å². The van der Waals surface area contributed by atoms with Crippen LogP contribution in [0.15, 0.2) is 39.5 Å². The first-order chi connectivity index (χ1) is 14.5. The number of rotatable bonds is 9. The highest BCUT2D eigenvalue weighted by Gasteiger charge is 2.15. The summed E-state index contributed by atoms with van der Waals surface area (Å²) in [6.07, 6.45) is 2.94. The molecule has 0 aliphatic heterocycles. The number of benzene rings is 2. The van der Waals surface area contributed by atoms with Crippen LogP contribution in [0.5, 0.6) is 23.0 Å². The zero-order valence-electron chi connectivity index (χ0n) is 18.2. The number of methoxy groups -OCH3 is 3. The van der Waals surface area contributed by atoms with Crippen molar-refractivity contribution in [2.45, 2.75) is 39.7 Å². The van der Waals surface area contributed by atoms with Crippen LogP contribution in [0.1, 0.15) is 36.5 Å². The molecule has 1 heterocycles. The van der Waals surface area contributed by atoms with Gasteiger partial charge in [-0.2, -0.15) is 0 Å². The highest BCUT2D eigenvalue weighted by atomic mass is 16.5. The number of unbranched alkanes of at least 4 members (excludes halogenated alkanes) is 1. The number of ether oxygens (including phenoxy) is 4. The van der Waals surface area contributed by atoms with E-state index in [0.29, 0.717) is 35.2 Å². The Balaban J connectivity index is 1.92. The molecule has 1 aromatic heterocycles. The third-order valence-corrected chi connectivity index (χ3v) is 5.12. The zero-order chi connectivity index (χ0) is 21.7. The minimum atomic E-state index is -0.335. The van der Waals surface area contributed by atoms with E-state index >= 15 is 0 Å². The van der Waals surface area contributed by atoms with Crippen molar-refractivity contribution >= 4 is 11.0 Å². The summed E-state index contributed by atoms with van der Waals surface area (Å²) in [4.78, 5) is 12.1. The van der Waals surface area contributed by atoms with Crippen molar-refractivity contribution in [3.63, 3.8) is 0 Å². The lowest BCUT2D eigenvalue weighted by atomic mass is 10.0. The quantitative estimate of drug-likeness (QED) is 0.458. The lowest BCUT2D eigenvalue weighted by molar-refractivity contribution is 0.297. The van der Waals surface area contributed by atoms with Crippen molar-refractivity contribution < 1.29 is 23.4 Å². The molecule has 0 spiro atoms. The molecule has 0 N–H and O–H groups in total. The Bertz CT molecular complexity index is 1060. The summed E-state index contributed by atoms with van der Waals surface area (Å²) in [7, 11) is 4.72. The van der Waals surface area contributed by atoms with Gasteiger partial charge in [0.15, 0.2) is 11.5 Å². The molecule has 3 rings (SSSR count). The van der Waals surface area contributed by atoms with E-state index < -0.39 is 0 Å². The Kier molecular flexibility index (Phi) is 6.87. The van der Waals surface area contributed by atoms with E-state index in [1.54, 1.807) is 27.4 Å². The molecule has 0 fully saturated rings. The third-order valence-electron chi connectivity index (χ3n) is 5.12. The Labute approximate surface area is 176 Å². The molecule has 0 saturated heterocycles. The number of aryl methyl sites for hydroxylation is 2. The van der Waals surface area contributed by atoms with Crippen molar-refractivity contribution in [2.75, 3.05) is 21.3 Å². The molecule has 6 heteroatoms. The molecule has 0 saturated carbocycles. The molecule has 0 radical (unpaired) electrons. The van der Waals surface area contributed by atoms with Crippen molar-refractivity contribution in [3.8, 4) is 23.0 Å². The van der Waals surface area contributed by atoms with Gasteiger partial charge in [0.1, 0.15) is 17.9 Å². The fourth-order valence-electron chi connectivity index (χ4n) is 3.52. The van der Waals surface area contributed by atoms with Gasteiger partial charge in [0, 0.05) is 17.0 Å². The van der Waals surface area contributed by atoms with Crippen molar-refractivity contribution in [3.05, 3.63) is 57.4 Å². The summed E-state index contributed by atoms with van der Waals surface area (Å²) in [5, 5.41) is 0.959. The molecule has 30 heavy (non-hydrogen) atoms. The molecule has 0 aliphatic rings. The maximum Gasteiger partial charge on any atom is 0.336 e. The van der Waals surface area contributed by atoms with Crippen LogP contribution in [0.25, 0.3) is 11.0 Å². The Morgan fingerprint density at radius 2 is 1.63 bits per heavy atom. The minimum absolute atomic E-state index is 0.294. The summed E-state index contributed by atoms with van der Waals surface area (Å²) in [6, 6.07) is 9.17. The maximum atomic E-state index is 12.1. The molecular formula is C24H28O6. The minimum Gasteiger partial charge on any atom is -0.493 e.